The highest BCUT2D eigenvalue weighted by atomic mass is 16.5. The number of imide groups is 1. The molecular formula is C28H32N4O5. The molecule has 3 amide bonds. The van der Waals surface area contributed by atoms with Crippen molar-refractivity contribution in [3.05, 3.63) is 65.4 Å². The van der Waals surface area contributed by atoms with Crippen molar-refractivity contribution in [2.24, 2.45) is 0 Å². The summed E-state index contributed by atoms with van der Waals surface area (Å²) in [7, 11) is 0. The summed E-state index contributed by atoms with van der Waals surface area (Å²) in [5.74, 6) is -0.779. The van der Waals surface area contributed by atoms with Crippen LogP contribution in [0.3, 0.4) is 0 Å². The van der Waals surface area contributed by atoms with Gasteiger partial charge in [0.1, 0.15) is 6.04 Å². The van der Waals surface area contributed by atoms with Gasteiger partial charge in [-0.05, 0) is 41.7 Å². The van der Waals surface area contributed by atoms with Crippen molar-refractivity contribution in [3.8, 4) is 5.88 Å². The van der Waals surface area contributed by atoms with E-state index in [9.17, 15) is 19.5 Å². The molecule has 3 aromatic rings. The Bertz CT molecular complexity index is 1290. The molecule has 5 rings (SSSR count). The first kappa shape index (κ1) is 25.0. The number of benzene rings is 2. The van der Waals surface area contributed by atoms with Crippen LogP contribution in [0.4, 0.5) is 0 Å². The summed E-state index contributed by atoms with van der Waals surface area (Å²) >= 11 is 0. The fraction of sp³-hybridized carbons (Fsp3) is 0.393. The largest absolute Gasteiger partial charge is 0.494 e. The quantitative estimate of drug-likeness (QED) is 0.405. The van der Waals surface area contributed by atoms with E-state index in [1.165, 1.54) is 10.1 Å². The molecule has 9 nitrogen and oxygen atoms in total. The Balaban J connectivity index is 1.14. The Labute approximate surface area is 215 Å². The van der Waals surface area contributed by atoms with Crippen LogP contribution in [0.1, 0.15) is 35.6 Å². The second-order valence-electron chi connectivity index (χ2n) is 9.72. The molecule has 37 heavy (non-hydrogen) atoms. The number of amides is 3. The lowest BCUT2D eigenvalue weighted by Crippen LogP contribution is -2.41. The van der Waals surface area contributed by atoms with Crippen molar-refractivity contribution < 1.29 is 24.2 Å². The molecule has 0 radical (unpaired) electrons. The Morgan fingerprint density at radius 3 is 2.54 bits per heavy atom. The molecule has 0 aliphatic carbocycles. The highest BCUT2D eigenvalue weighted by Crippen LogP contribution is 2.33. The number of aromatic hydroxyl groups is 1. The van der Waals surface area contributed by atoms with Gasteiger partial charge in [0.05, 0.1) is 19.6 Å². The average molecular weight is 505 g/mol. The van der Waals surface area contributed by atoms with Crippen molar-refractivity contribution in [3.63, 3.8) is 0 Å². The molecule has 194 valence electrons. The van der Waals surface area contributed by atoms with Gasteiger partial charge in [0.2, 0.25) is 17.7 Å². The molecule has 1 unspecified atom stereocenters. The maximum absolute atomic E-state index is 12.5. The number of nitrogens with zero attached hydrogens (tertiary/aromatic N) is 2. The summed E-state index contributed by atoms with van der Waals surface area (Å²) < 4.78 is 6.91. The summed E-state index contributed by atoms with van der Waals surface area (Å²) in [6.45, 7) is 4.95. The van der Waals surface area contributed by atoms with E-state index in [0.29, 0.717) is 24.8 Å². The molecule has 0 bridgehead atoms. The third kappa shape index (κ3) is 6.00. The van der Waals surface area contributed by atoms with Crippen molar-refractivity contribution in [2.45, 2.75) is 38.3 Å². The number of morpholine rings is 1. The molecule has 2 saturated heterocycles. The lowest BCUT2D eigenvalue weighted by Gasteiger charge is -2.26. The summed E-state index contributed by atoms with van der Waals surface area (Å²) in [6.07, 6.45) is 3.58. The average Bonchev–Trinajstić information content (AvgIpc) is 3.23. The number of hydrogen-bond donors (Lipinski definition) is 3. The van der Waals surface area contributed by atoms with Gasteiger partial charge >= 0.3 is 0 Å². The van der Waals surface area contributed by atoms with Gasteiger partial charge in [-0.15, -0.1) is 0 Å². The normalized spacial score (nSPS) is 18.6. The molecule has 2 aromatic carbocycles. The minimum absolute atomic E-state index is 0.00604. The zero-order valence-corrected chi connectivity index (χ0v) is 20.7. The van der Waals surface area contributed by atoms with Crippen LogP contribution in [0, 0.1) is 0 Å². The predicted octanol–water partition coefficient (Wildman–Crippen LogP) is 2.06. The third-order valence-corrected chi connectivity index (χ3v) is 7.12. The Morgan fingerprint density at radius 1 is 1.05 bits per heavy atom. The summed E-state index contributed by atoms with van der Waals surface area (Å²) in [5.41, 5.74) is 3.12. The lowest BCUT2D eigenvalue weighted by atomic mass is 10.1. The zero-order chi connectivity index (χ0) is 25.8. The second-order valence-corrected chi connectivity index (χ2v) is 9.72. The molecule has 0 saturated carbocycles. The Kier molecular flexibility index (Phi) is 7.52. The molecule has 3 heterocycles. The van der Waals surface area contributed by atoms with Gasteiger partial charge in [0.15, 0.2) is 5.88 Å². The Morgan fingerprint density at radius 2 is 1.78 bits per heavy atom. The molecule has 9 heteroatoms. The monoisotopic (exact) mass is 504 g/mol. The molecule has 1 atom stereocenters. The van der Waals surface area contributed by atoms with Crippen LogP contribution in [0.5, 0.6) is 5.88 Å². The maximum atomic E-state index is 12.5. The number of aromatic nitrogens is 1. The van der Waals surface area contributed by atoms with Gasteiger partial charge in [0.25, 0.3) is 0 Å². The van der Waals surface area contributed by atoms with E-state index in [-0.39, 0.29) is 24.1 Å². The highest BCUT2D eigenvalue weighted by Gasteiger charge is 2.30. The number of nitrogens with one attached hydrogen (secondary N) is 2. The fourth-order valence-electron chi connectivity index (χ4n) is 4.95. The predicted molar refractivity (Wildman–Crippen MR) is 138 cm³/mol. The number of carbonyl (C=O) groups excluding carboxylic acids is 3. The molecule has 2 fully saturated rings. The van der Waals surface area contributed by atoms with Crippen LogP contribution in [0.25, 0.3) is 10.8 Å². The van der Waals surface area contributed by atoms with Crippen molar-refractivity contribution >= 4 is 28.5 Å². The number of piperidine rings is 1. The van der Waals surface area contributed by atoms with Gasteiger partial charge in [-0.3, -0.25) is 24.6 Å². The van der Waals surface area contributed by atoms with Crippen LogP contribution in [0.15, 0.2) is 48.7 Å². The van der Waals surface area contributed by atoms with Gasteiger partial charge in [-0.1, -0.05) is 30.3 Å². The molecule has 1 aromatic heterocycles. The molecule has 2 aliphatic rings. The zero-order valence-electron chi connectivity index (χ0n) is 20.7. The van der Waals surface area contributed by atoms with Crippen LogP contribution in [0.2, 0.25) is 0 Å². The first-order valence-electron chi connectivity index (χ1n) is 12.8. The minimum Gasteiger partial charge on any atom is -0.494 e. The summed E-state index contributed by atoms with van der Waals surface area (Å²) in [6, 6.07) is 13.1. The van der Waals surface area contributed by atoms with E-state index >= 15 is 0 Å². The third-order valence-electron chi connectivity index (χ3n) is 7.12. The Hall–Kier alpha value is -3.69. The number of hydrogen-bond acceptors (Lipinski definition) is 6. The van der Waals surface area contributed by atoms with Gasteiger partial charge < -0.3 is 19.7 Å². The number of carbonyl (C=O) groups is 3. The van der Waals surface area contributed by atoms with Crippen LogP contribution < -0.4 is 10.6 Å². The molecular weight excluding hydrogens is 472 g/mol. The maximum Gasteiger partial charge on any atom is 0.249 e. The van der Waals surface area contributed by atoms with E-state index in [2.05, 4.69) is 27.7 Å². The fourth-order valence-corrected chi connectivity index (χ4v) is 4.95. The number of rotatable bonds is 8. The van der Waals surface area contributed by atoms with E-state index in [0.717, 1.165) is 55.8 Å². The van der Waals surface area contributed by atoms with E-state index in [1.807, 2.05) is 24.3 Å². The first-order valence-corrected chi connectivity index (χ1v) is 12.8. The number of fused-ring (bicyclic) bond motifs is 1. The van der Waals surface area contributed by atoms with Crippen LogP contribution in [-0.2, 0) is 38.5 Å². The van der Waals surface area contributed by atoms with E-state index in [4.69, 9.17) is 4.74 Å². The minimum atomic E-state index is -0.626. The summed E-state index contributed by atoms with van der Waals surface area (Å²) in [4.78, 5) is 38.6. The van der Waals surface area contributed by atoms with Gasteiger partial charge in [-0.25, -0.2) is 0 Å². The van der Waals surface area contributed by atoms with Crippen molar-refractivity contribution in [2.75, 3.05) is 32.8 Å². The van der Waals surface area contributed by atoms with Gasteiger partial charge in [-0.2, -0.15) is 0 Å². The van der Waals surface area contributed by atoms with Crippen molar-refractivity contribution in [1.29, 1.82) is 0 Å². The molecule has 3 N–H and O–H groups in total. The van der Waals surface area contributed by atoms with Gasteiger partial charge in [0, 0.05) is 49.6 Å². The molecule has 2 aliphatic heterocycles. The van der Waals surface area contributed by atoms with Crippen LogP contribution >= 0.6 is 0 Å². The highest BCUT2D eigenvalue weighted by molar-refractivity contribution is 6.00. The second kappa shape index (κ2) is 11.1. The van der Waals surface area contributed by atoms with Crippen LogP contribution in [-0.4, -0.2) is 65.1 Å². The SMILES string of the molecule is O=C(Cc1ccc(CCN2CCOCC2)cc1)NCc1ccc2c(O)n(C3CCC(=O)NC3=O)cc2c1. The number of ether oxygens (including phenoxy) is 1. The standard InChI is InChI=1S/C28H32N4O5/c33-25-8-7-24(27(35)30-25)32-18-22-15-21(5-6-23(22)28(32)36)17-29-26(34)16-20-3-1-19(2-4-20)9-10-31-11-13-37-14-12-31/h1-6,15,18,24,36H,7-14,16-17H2,(H,29,34)(H,30,33,35). The van der Waals surface area contributed by atoms with Crippen molar-refractivity contribution in [1.82, 2.24) is 20.1 Å². The smallest absolute Gasteiger partial charge is 0.249 e. The lowest BCUT2D eigenvalue weighted by molar-refractivity contribution is -0.135. The van der Waals surface area contributed by atoms with E-state index < -0.39 is 11.9 Å². The topological polar surface area (TPSA) is 113 Å². The molecule has 0 spiro atoms. The first-order chi connectivity index (χ1) is 18.0. The summed E-state index contributed by atoms with van der Waals surface area (Å²) in [5, 5.41) is 17.3. The van der Waals surface area contributed by atoms with E-state index in [1.54, 1.807) is 12.3 Å².